The third-order valence-corrected chi connectivity index (χ3v) is 3.64. The zero-order valence-electron chi connectivity index (χ0n) is 9.23. The maximum Gasteiger partial charge on any atom is 0.238 e. The second-order valence-electron chi connectivity index (χ2n) is 3.90. The van der Waals surface area contributed by atoms with Gasteiger partial charge in [0.2, 0.25) is 5.91 Å². The lowest BCUT2D eigenvalue weighted by atomic mass is 10.3. The number of carbonyl (C=O) groups is 1. The SMILES string of the molecule is CC1S/C(=C/c2nc3ccccc3[nH]2)NC1=O. The number of thioether (sulfide) groups is 1. The second kappa shape index (κ2) is 3.92. The molecule has 1 aliphatic heterocycles. The highest BCUT2D eigenvalue weighted by molar-refractivity contribution is 8.04. The lowest BCUT2D eigenvalue weighted by molar-refractivity contribution is -0.118. The summed E-state index contributed by atoms with van der Waals surface area (Å²) in [6.45, 7) is 1.89. The highest BCUT2D eigenvalue weighted by atomic mass is 32.2. The number of aromatic amines is 1. The van der Waals surface area contributed by atoms with Gasteiger partial charge in [-0.15, -0.1) is 0 Å². The van der Waals surface area contributed by atoms with Gasteiger partial charge in [0.1, 0.15) is 5.82 Å². The lowest BCUT2D eigenvalue weighted by Crippen LogP contribution is -2.19. The summed E-state index contributed by atoms with van der Waals surface area (Å²) in [6.07, 6.45) is 1.87. The number of amides is 1. The number of hydrogen-bond acceptors (Lipinski definition) is 3. The topological polar surface area (TPSA) is 57.8 Å². The summed E-state index contributed by atoms with van der Waals surface area (Å²) < 4.78 is 0. The summed E-state index contributed by atoms with van der Waals surface area (Å²) in [5, 5.41) is 3.65. The van der Waals surface area contributed by atoms with Crippen LogP contribution in [0.1, 0.15) is 12.7 Å². The fraction of sp³-hybridized carbons (Fsp3) is 0.167. The van der Waals surface area contributed by atoms with Crippen LogP contribution in [0.15, 0.2) is 29.3 Å². The molecule has 5 heteroatoms. The van der Waals surface area contributed by atoms with E-state index in [1.165, 1.54) is 11.8 Å². The first-order valence-electron chi connectivity index (χ1n) is 5.36. The molecule has 1 aromatic carbocycles. The number of fused-ring (bicyclic) bond motifs is 1. The first-order chi connectivity index (χ1) is 8.22. The Kier molecular flexibility index (Phi) is 2.40. The summed E-state index contributed by atoms with van der Waals surface area (Å²) in [5.41, 5.74) is 1.93. The van der Waals surface area contributed by atoms with Crippen molar-refractivity contribution >= 4 is 34.8 Å². The van der Waals surface area contributed by atoms with Crippen molar-refractivity contribution in [3.05, 3.63) is 35.1 Å². The molecule has 0 aliphatic carbocycles. The van der Waals surface area contributed by atoms with Crippen LogP contribution in [0.5, 0.6) is 0 Å². The summed E-state index contributed by atoms with van der Waals surface area (Å²) in [4.78, 5) is 19.0. The zero-order chi connectivity index (χ0) is 11.8. The van der Waals surface area contributed by atoms with E-state index in [9.17, 15) is 4.79 Å². The number of benzene rings is 1. The van der Waals surface area contributed by atoms with Crippen LogP contribution in [0, 0.1) is 0 Å². The molecule has 1 saturated heterocycles. The first-order valence-corrected chi connectivity index (χ1v) is 6.24. The van der Waals surface area contributed by atoms with E-state index in [1.807, 2.05) is 37.3 Å². The van der Waals surface area contributed by atoms with E-state index in [1.54, 1.807) is 0 Å². The quantitative estimate of drug-likeness (QED) is 0.809. The molecule has 0 saturated carbocycles. The minimum absolute atomic E-state index is 0.0226. The van der Waals surface area contributed by atoms with E-state index >= 15 is 0 Å². The Morgan fingerprint density at radius 1 is 1.41 bits per heavy atom. The molecule has 2 aromatic rings. The number of nitrogens with one attached hydrogen (secondary N) is 2. The number of para-hydroxylation sites is 2. The van der Waals surface area contributed by atoms with Crippen LogP contribution >= 0.6 is 11.8 Å². The minimum Gasteiger partial charge on any atom is -0.338 e. The highest BCUT2D eigenvalue weighted by Crippen LogP contribution is 2.27. The van der Waals surface area contributed by atoms with Gasteiger partial charge in [0.15, 0.2) is 0 Å². The molecule has 1 aliphatic rings. The fourth-order valence-electron chi connectivity index (χ4n) is 1.73. The van der Waals surface area contributed by atoms with Crippen molar-refractivity contribution in [3.63, 3.8) is 0 Å². The van der Waals surface area contributed by atoms with Crippen molar-refractivity contribution in [2.75, 3.05) is 0 Å². The van der Waals surface area contributed by atoms with Gasteiger partial charge in [-0.2, -0.15) is 0 Å². The molecule has 0 radical (unpaired) electrons. The van der Waals surface area contributed by atoms with Crippen molar-refractivity contribution in [2.24, 2.45) is 0 Å². The van der Waals surface area contributed by atoms with E-state index in [0.717, 1.165) is 21.9 Å². The van der Waals surface area contributed by atoms with E-state index < -0.39 is 0 Å². The van der Waals surface area contributed by atoms with Gasteiger partial charge in [-0.3, -0.25) is 4.79 Å². The Morgan fingerprint density at radius 3 is 2.94 bits per heavy atom. The van der Waals surface area contributed by atoms with Crippen LogP contribution in [0.3, 0.4) is 0 Å². The van der Waals surface area contributed by atoms with Gasteiger partial charge in [-0.05, 0) is 19.1 Å². The third-order valence-electron chi connectivity index (χ3n) is 2.59. The predicted octanol–water partition coefficient (Wildman–Crippen LogP) is 2.11. The van der Waals surface area contributed by atoms with E-state index in [0.29, 0.717) is 0 Å². The smallest absolute Gasteiger partial charge is 0.238 e. The molecular formula is C12H11N3OS. The van der Waals surface area contributed by atoms with Crippen LogP contribution in [-0.2, 0) is 4.79 Å². The van der Waals surface area contributed by atoms with Gasteiger partial charge in [0.05, 0.1) is 21.3 Å². The molecule has 86 valence electrons. The number of rotatable bonds is 1. The Hall–Kier alpha value is -1.75. The molecule has 1 fully saturated rings. The van der Waals surface area contributed by atoms with Crippen molar-refractivity contribution in [3.8, 4) is 0 Å². The van der Waals surface area contributed by atoms with Gasteiger partial charge >= 0.3 is 0 Å². The molecule has 4 nitrogen and oxygen atoms in total. The van der Waals surface area contributed by atoms with Crippen molar-refractivity contribution in [2.45, 2.75) is 12.2 Å². The van der Waals surface area contributed by atoms with Crippen LogP contribution < -0.4 is 5.32 Å². The lowest BCUT2D eigenvalue weighted by Gasteiger charge is -1.92. The molecule has 1 aromatic heterocycles. The maximum absolute atomic E-state index is 11.3. The predicted molar refractivity (Wildman–Crippen MR) is 69.3 cm³/mol. The molecule has 3 rings (SSSR count). The minimum atomic E-state index is -0.0226. The number of hydrogen-bond donors (Lipinski definition) is 2. The standard InChI is InChI=1S/C12H11N3OS/c1-7-12(16)15-11(17-7)6-10-13-8-4-2-3-5-9(8)14-10/h2-7H,1H3,(H,13,14)(H,15,16)/b11-6+. The van der Waals surface area contributed by atoms with Crippen molar-refractivity contribution < 1.29 is 4.79 Å². The molecule has 1 amide bonds. The van der Waals surface area contributed by atoms with Crippen LogP contribution in [0.25, 0.3) is 17.1 Å². The Labute approximate surface area is 103 Å². The maximum atomic E-state index is 11.3. The normalized spacial score (nSPS) is 22.3. The molecule has 2 N–H and O–H groups in total. The van der Waals surface area contributed by atoms with Gasteiger partial charge < -0.3 is 10.3 Å². The average Bonchev–Trinajstić information content (AvgIpc) is 2.83. The van der Waals surface area contributed by atoms with E-state index in [-0.39, 0.29) is 11.2 Å². The molecule has 0 spiro atoms. The largest absolute Gasteiger partial charge is 0.338 e. The molecule has 1 atom stereocenters. The van der Waals surface area contributed by atoms with Crippen LogP contribution in [0.4, 0.5) is 0 Å². The molecule has 0 bridgehead atoms. The first kappa shape index (κ1) is 10.4. The van der Waals surface area contributed by atoms with E-state index in [2.05, 4.69) is 15.3 Å². The van der Waals surface area contributed by atoms with Gasteiger partial charge in [0.25, 0.3) is 0 Å². The molecular weight excluding hydrogens is 234 g/mol. The number of imidazole rings is 1. The zero-order valence-corrected chi connectivity index (χ0v) is 10.0. The number of carbonyl (C=O) groups excluding carboxylic acids is 1. The second-order valence-corrected chi connectivity index (χ2v) is 5.28. The number of aromatic nitrogens is 2. The summed E-state index contributed by atoms with van der Waals surface area (Å²) >= 11 is 1.52. The van der Waals surface area contributed by atoms with Gasteiger partial charge in [-0.25, -0.2) is 4.98 Å². The molecule has 2 heterocycles. The third kappa shape index (κ3) is 1.93. The van der Waals surface area contributed by atoms with Gasteiger partial charge in [-0.1, -0.05) is 23.9 Å². The average molecular weight is 245 g/mol. The Bertz CT molecular complexity index is 584. The van der Waals surface area contributed by atoms with Crippen molar-refractivity contribution in [1.82, 2.24) is 15.3 Å². The summed E-state index contributed by atoms with van der Waals surface area (Å²) in [6, 6.07) is 7.85. The fourth-order valence-corrected chi connectivity index (χ4v) is 2.62. The molecule has 1 unspecified atom stereocenters. The summed E-state index contributed by atoms with van der Waals surface area (Å²) in [5.74, 6) is 0.820. The number of nitrogens with zero attached hydrogens (tertiary/aromatic N) is 1. The summed E-state index contributed by atoms with van der Waals surface area (Å²) in [7, 11) is 0. The monoisotopic (exact) mass is 245 g/mol. The van der Waals surface area contributed by atoms with E-state index in [4.69, 9.17) is 0 Å². The highest BCUT2D eigenvalue weighted by Gasteiger charge is 2.24. The van der Waals surface area contributed by atoms with Crippen LogP contribution in [-0.4, -0.2) is 21.1 Å². The van der Waals surface area contributed by atoms with Crippen LogP contribution in [0.2, 0.25) is 0 Å². The Morgan fingerprint density at radius 2 is 2.24 bits per heavy atom. The van der Waals surface area contributed by atoms with Crippen molar-refractivity contribution in [1.29, 1.82) is 0 Å². The number of H-pyrrole nitrogens is 1. The van der Waals surface area contributed by atoms with Gasteiger partial charge in [0, 0.05) is 6.08 Å². The molecule has 17 heavy (non-hydrogen) atoms. The Balaban J connectivity index is 1.95.